The third-order valence-corrected chi connectivity index (χ3v) is 1.34. The van der Waals surface area contributed by atoms with Crippen molar-refractivity contribution in [2.45, 2.75) is 53.6 Å². The molecule has 0 bridgehead atoms. The SMILES string of the molecule is CC(=O)OOC(C)(C)CC(C)(C)C. The van der Waals surface area contributed by atoms with Crippen molar-refractivity contribution in [2.75, 3.05) is 0 Å². The van der Waals surface area contributed by atoms with Crippen LogP contribution in [0.2, 0.25) is 0 Å². The maximum absolute atomic E-state index is 10.5. The summed E-state index contributed by atoms with van der Waals surface area (Å²) in [5, 5.41) is 0. The molecule has 0 atom stereocenters. The second-order valence-electron chi connectivity index (χ2n) is 5.16. The van der Waals surface area contributed by atoms with Crippen molar-refractivity contribution in [2.24, 2.45) is 5.41 Å². The molecule has 0 aliphatic rings. The van der Waals surface area contributed by atoms with Crippen molar-refractivity contribution in [3.63, 3.8) is 0 Å². The van der Waals surface area contributed by atoms with Crippen LogP contribution in [0.5, 0.6) is 0 Å². The summed E-state index contributed by atoms with van der Waals surface area (Å²) in [4.78, 5) is 20.0. The molecule has 0 fully saturated rings. The first-order valence-electron chi connectivity index (χ1n) is 4.49. The topological polar surface area (TPSA) is 35.5 Å². The fourth-order valence-electron chi connectivity index (χ4n) is 1.48. The second kappa shape index (κ2) is 4.09. The average molecular weight is 188 g/mol. The predicted molar refractivity (Wildman–Crippen MR) is 51.0 cm³/mol. The zero-order valence-electron chi connectivity index (χ0n) is 9.43. The van der Waals surface area contributed by atoms with Crippen LogP contribution in [0.4, 0.5) is 0 Å². The van der Waals surface area contributed by atoms with E-state index < -0.39 is 11.6 Å². The van der Waals surface area contributed by atoms with E-state index in [4.69, 9.17) is 4.89 Å². The van der Waals surface area contributed by atoms with Gasteiger partial charge < -0.3 is 0 Å². The molecular formula is C10H20O3. The highest BCUT2D eigenvalue weighted by Gasteiger charge is 2.28. The number of carbonyl (C=O) groups is 1. The molecule has 0 radical (unpaired) electrons. The van der Waals surface area contributed by atoms with Gasteiger partial charge in [0.2, 0.25) is 0 Å². The molecule has 13 heavy (non-hydrogen) atoms. The summed E-state index contributed by atoms with van der Waals surface area (Å²) in [6, 6.07) is 0. The average Bonchev–Trinajstić information content (AvgIpc) is 1.78. The van der Waals surface area contributed by atoms with Crippen molar-refractivity contribution in [3.8, 4) is 0 Å². The number of rotatable bonds is 3. The van der Waals surface area contributed by atoms with Gasteiger partial charge in [0.05, 0.1) is 0 Å². The van der Waals surface area contributed by atoms with Gasteiger partial charge in [-0.1, -0.05) is 20.8 Å². The van der Waals surface area contributed by atoms with Crippen LogP contribution in [0.15, 0.2) is 0 Å². The molecular weight excluding hydrogens is 168 g/mol. The molecule has 0 aromatic rings. The van der Waals surface area contributed by atoms with Gasteiger partial charge in [-0.25, -0.2) is 4.79 Å². The first kappa shape index (κ1) is 12.4. The Hall–Kier alpha value is -0.570. The molecule has 78 valence electrons. The Morgan fingerprint density at radius 1 is 1.15 bits per heavy atom. The minimum atomic E-state index is -0.427. The Balaban J connectivity index is 4.01. The lowest BCUT2D eigenvalue weighted by molar-refractivity contribution is -0.328. The minimum absolute atomic E-state index is 0.156. The number of hydrogen-bond donors (Lipinski definition) is 0. The van der Waals surface area contributed by atoms with Crippen molar-refractivity contribution < 1.29 is 14.6 Å². The van der Waals surface area contributed by atoms with Crippen molar-refractivity contribution >= 4 is 5.97 Å². The van der Waals surface area contributed by atoms with Crippen LogP contribution >= 0.6 is 0 Å². The van der Waals surface area contributed by atoms with E-state index >= 15 is 0 Å². The molecule has 0 saturated carbocycles. The predicted octanol–water partition coefficient (Wildman–Crippen LogP) is 2.70. The van der Waals surface area contributed by atoms with Gasteiger partial charge >= 0.3 is 5.97 Å². The van der Waals surface area contributed by atoms with Crippen LogP contribution in [0, 0.1) is 5.41 Å². The molecule has 0 aliphatic carbocycles. The van der Waals surface area contributed by atoms with Gasteiger partial charge in [-0.15, -0.1) is 0 Å². The Kier molecular flexibility index (Phi) is 3.91. The van der Waals surface area contributed by atoms with Gasteiger partial charge in [-0.3, -0.25) is 4.89 Å². The van der Waals surface area contributed by atoms with Crippen LogP contribution in [0.3, 0.4) is 0 Å². The zero-order valence-corrected chi connectivity index (χ0v) is 9.43. The highest BCUT2D eigenvalue weighted by molar-refractivity contribution is 5.65. The van der Waals surface area contributed by atoms with Gasteiger partial charge in [0.15, 0.2) is 0 Å². The molecule has 0 spiro atoms. The molecule has 0 rings (SSSR count). The molecule has 0 N–H and O–H groups in total. The fraction of sp³-hybridized carbons (Fsp3) is 0.900. The van der Waals surface area contributed by atoms with E-state index in [0.717, 1.165) is 6.42 Å². The van der Waals surface area contributed by atoms with Crippen molar-refractivity contribution in [3.05, 3.63) is 0 Å². The largest absolute Gasteiger partial charge is 0.339 e. The standard InChI is InChI=1S/C10H20O3/c1-8(11)12-13-10(5,6)7-9(2,3)4/h7H2,1-6H3. The van der Waals surface area contributed by atoms with Crippen LogP contribution in [-0.2, 0) is 14.6 Å². The molecule has 3 nitrogen and oxygen atoms in total. The Labute approximate surface area is 80.3 Å². The highest BCUT2D eigenvalue weighted by atomic mass is 17.2. The summed E-state index contributed by atoms with van der Waals surface area (Å²) in [5.41, 5.74) is -0.270. The zero-order chi connectivity index (χ0) is 10.7. The lowest BCUT2D eigenvalue weighted by Gasteiger charge is -2.30. The Bertz CT molecular complexity index is 177. The second-order valence-corrected chi connectivity index (χ2v) is 5.16. The smallest absolute Gasteiger partial charge is 0.298 e. The summed E-state index contributed by atoms with van der Waals surface area (Å²) in [6.45, 7) is 11.5. The van der Waals surface area contributed by atoms with E-state index in [2.05, 4.69) is 25.7 Å². The van der Waals surface area contributed by atoms with Crippen LogP contribution in [0.1, 0.15) is 48.0 Å². The molecule has 0 aromatic heterocycles. The van der Waals surface area contributed by atoms with Gasteiger partial charge in [-0.05, 0) is 25.7 Å². The van der Waals surface area contributed by atoms with E-state index in [1.165, 1.54) is 6.92 Å². The van der Waals surface area contributed by atoms with Gasteiger partial charge in [0, 0.05) is 6.92 Å². The molecule has 0 aromatic carbocycles. The Morgan fingerprint density at radius 3 is 1.92 bits per heavy atom. The van der Waals surface area contributed by atoms with E-state index in [0.29, 0.717) is 0 Å². The fourth-order valence-corrected chi connectivity index (χ4v) is 1.48. The third-order valence-electron chi connectivity index (χ3n) is 1.34. The normalized spacial score (nSPS) is 12.8. The first-order chi connectivity index (χ1) is 5.62. The molecule has 0 aliphatic heterocycles. The summed E-state index contributed by atoms with van der Waals surface area (Å²) in [7, 11) is 0. The van der Waals surface area contributed by atoms with Gasteiger partial charge in [-0.2, -0.15) is 4.89 Å². The quantitative estimate of drug-likeness (QED) is 0.504. The van der Waals surface area contributed by atoms with Gasteiger partial charge in [0.25, 0.3) is 0 Å². The van der Waals surface area contributed by atoms with E-state index in [-0.39, 0.29) is 5.41 Å². The molecule has 0 unspecified atom stereocenters. The van der Waals surface area contributed by atoms with Crippen molar-refractivity contribution in [1.29, 1.82) is 0 Å². The minimum Gasteiger partial charge on any atom is -0.298 e. The van der Waals surface area contributed by atoms with Crippen LogP contribution in [0.25, 0.3) is 0 Å². The van der Waals surface area contributed by atoms with Crippen molar-refractivity contribution in [1.82, 2.24) is 0 Å². The van der Waals surface area contributed by atoms with Gasteiger partial charge in [0.1, 0.15) is 5.60 Å². The third kappa shape index (κ3) is 7.78. The summed E-state index contributed by atoms with van der Waals surface area (Å²) in [6.07, 6.45) is 0.827. The lowest BCUT2D eigenvalue weighted by Crippen LogP contribution is -2.31. The molecule has 0 amide bonds. The lowest BCUT2D eigenvalue weighted by atomic mass is 9.84. The Morgan fingerprint density at radius 2 is 1.62 bits per heavy atom. The van der Waals surface area contributed by atoms with E-state index in [1.807, 2.05) is 13.8 Å². The molecule has 3 heteroatoms. The monoisotopic (exact) mass is 188 g/mol. The summed E-state index contributed by atoms with van der Waals surface area (Å²) in [5.74, 6) is -0.415. The van der Waals surface area contributed by atoms with E-state index in [1.54, 1.807) is 0 Å². The summed E-state index contributed by atoms with van der Waals surface area (Å²) >= 11 is 0. The number of carbonyl (C=O) groups excluding carboxylic acids is 1. The highest BCUT2D eigenvalue weighted by Crippen LogP contribution is 2.29. The van der Waals surface area contributed by atoms with E-state index in [9.17, 15) is 4.79 Å². The first-order valence-corrected chi connectivity index (χ1v) is 4.49. The molecule has 0 heterocycles. The van der Waals surface area contributed by atoms with Crippen LogP contribution < -0.4 is 0 Å². The maximum atomic E-state index is 10.5. The molecule has 0 saturated heterocycles. The summed E-state index contributed by atoms with van der Waals surface area (Å²) < 4.78 is 0. The maximum Gasteiger partial charge on any atom is 0.339 e. The number of hydrogen-bond acceptors (Lipinski definition) is 3. The van der Waals surface area contributed by atoms with Crippen LogP contribution in [-0.4, -0.2) is 11.6 Å².